The molecular weight excluding hydrogens is 198 g/mol. The second kappa shape index (κ2) is 5.48. The summed E-state index contributed by atoms with van der Waals surface area (Å²) in [6.07, 6.45) is 1.25. The van der Waals surface area contributed by atoms with Crippen molar-refractivity contribution >= 4 is 0 Å². The Morgan fingerprint density at radius 2 is 1.94 bits per heavy atom. The fourth-order valence-electron chi connectivity index (χ4n) is 2.41. The molecule has 0 amide bonds. The first-order chi connectivity index (χ1) is 7.29. The van der Waals surface area contributed by atoms with Crippen molar-refractivity contribution in [3.8, 4) is 0 Å². The molecule has 2 unspecified atom stereocenters. The highest BCUT2D eigenvalue weighted by molar-refractivity contribution is 4.87. The van der Waals surface area contributed by atoms with Crippen molar-refractivity contribution in [1.29, 1.82) is 0 Å². The molecule has 96 valence electrons. The molecule has 16 heavy (non-hydrogen) atoms. The molecule has 0 saturated carbocycles. The molecule has 0 aromatic heterocycles. The average Bonchev–Trinajstić information content (AvgIpc) is 2.24. The minimum atomic E-state index is 0.288. The van der Waals surface area contributed by atoms with Crippen LogP contribution in [0.2, 0.25) is 0 Å². The zero-order valence-electron chi connectivity index (χ0n) is 11.9. The molecule has 3 nitrogen and oxygen atoms in total. The van der Waals surface area contributed by atoms with Gasteiger partial charge in [0.15, 0.2) is 0 Å². The van der Waals surface area contributed by atoms with Gasteiger partial charge in [-0.2, -0.15) is 0 Å². The van der Waals surface area contributed by atoms with E-state index < -0.39 is 0 Å². The van der Waals surface area contributed by atoms with Crippen molar-refractivity contribution < 1.29 is 0 Å². The topological polar surface area (TPSA) is 18.5 Å². The summed E-state index contributed by atoms with van der Waals surface area (Å²) in [5, 5.41) is 3.73. The first-order valence-corrected chi connectivity index (χ1v) is 6.45. The number of likely N-dealkylation sites (N-methyl/N-ethyl adjacent to an activating group) is 1. The summed E-state index contributed by atoms with van der Waals surface area (Å²) in [5.74, 6) is 0. The van der Waals surface area contributed by atoms with Crippen LogP contribution >= 0.6 is 0 Å². The van der Waals surface area contributed by atoms with E-state index in [-0.39, 0.29) is 5.54 Å². The van der Waals surface area contributed by atoms with Gasteiger partial charge in [-0.1, -0.05) is 0 Å². The van der Waals surface area contributed by atoms with Gasteiger partial charge in [0.1, 0.15) is 0 Å². The SMILES string of the molecule is CC1CCN(C(C)(C)C)CC(CN(C)C)N1. The molecule has 1 saturated heterocycles. The van der Waals surface area contributed by atoms with E-state index in [1.54, 1.807) is 0 Å². The van der Waals surface area contributed by atoms with E-state index >= 15 is 0 Å². The molecule has 0 aromatic rings. The molecule has 1 rings (SSSR count). The van der Waals surface area contributed by atoms with Gasteiger partial charge < -0.3 is 10.2 Å². The van der Waals surface area contributed by atoms with Crippen LogP contribution in [0.15, 0.2) is 0 Å². The van der Waals surface area contributed by atoms with Crippen LogP contribution in [0, 0.1) is 0 Å². The molecule has 0 radical (unpaired) electrons. The lowest BCUT2D eigenvalue weighted by Crippen LogP contribution is -2.50. The Morgan fingerprint density at radius 1 is 1.31 bits per heavy atom. The molecule has 1 fully saturated rings. The third-order valence-corrected chi connectivity index (χ3v) is 3.33. The smallest absolute Gasteiger partial charge is 0.0324 e. The van der Waals surface area contributed by atoms with Gasteiger partial charge in [-0.15, -0.1) is 0 Å². The Bertz CT molecular complexity index is 208. The van der Waals surface area contributed by atoms with Gasteiger partial charge in [0.05, 0.1) is 0 Å². The third-order valence-electron chi connectivity index (χ3n) is 3.33. The van der Waals surface area contributed by atoms with Gasteiger partial charge in [-0.3, -0.25) is 4.90 Å². The molecule has 2 atom stereocenters. The predicted octanol–water partition coefficient (Wildman–Crippen LogP) is 1.40. The Labute approximate surface area is 101 Å². The molecule has 0 bridgehead atoms. The fraction of sp³-hybridized carbons (Fsp3) is 1.00. The van der Waals surface area contributed by atoms with E-state index in [4.69, 9.17) is 0 Å². The lowest BCUT2D eigenvalue weighted by molar-refractivity contribution is 0.128. The zero-order valence-corrected chi connectivity index (χ0v) is 11.9. The highest BCUT2D eigenvalue weighted by atomic mass is 15.2. The zero-order chi connectivity index (χ0) is 12.3. The summed E-state index contributed by atoms with van der Waals surface area (Å²) in [6, 6.07) is 1.23. The number of hydrogen-bond donors (Lipinski definition) is 1. The Morgan fingerprint density at radius 3 is 2.44 bits per heavy atom. The van der Waals surface area contributed by atoms with Crippen LogP contribution in [-0.4, -0.2) is 61.2 Å². The summed E-state index contributed by atoms with van der Waals surface area (Å²) in [7, 11) is 4.30. The quantitative estimate of drug-likeness (QED) is 0.769. The van der Waals surface area contributed by atoms with Crippen LogP contribution in [0.25, 0.3) is 0 Å². The van der Waals surface area contributed by atoms with Gasteiger partial charge in [-0.05, 0) is 48.2 Å². The van der Waals surface area contributed by atoms with E-state index in [0.717, 1.165) is 13.1 Å². The second-order valence-corrected chi connectivity index (χ2v) is 6.43. The number of rotatable bonds is 2. The van der Waals surface area contributed by atoms with Crippen molar-refractivity contribution in [2.45, 2.75) is 51.7 Å². The molecule has 0 aliphatic carbocycles. The first kappa shape index (κ1) is 13.9. The van der Waals surface area contributed by atoms with Gasteiger partial charge in [-0.25, -0.2) is 0 Å². The van der Waals surface area contributed by atoms with Crippen molar-refractivity contribution in [3.05, 3.63) is 0 Å². The second-order valence-electron chi connectivity index (χ2n) is 6.43. The van der Waals surface area contributed by atoms with Crippen molar-refractivity contribution in [2.75, 3.05) is 33.7 Å². The van der Waals surface area contributed by atoms with Gasteiger partial charge in [0.2, 0.25) is 0 Å². The van der Waals surface area contributed by atoms with Crippen LogP contribution in [0.4, 0.5) is 0 Å². The molecule has 1 aliphatic rings. The number of nitrogens with zero attached hydrogens (tertiary/aromatic N) is 2. The highest BCUT2D eigenvalue weighted by Crippen LogP contribution is 2.17. The summed E-state index contributed by atoms with van der Waals surface area (Å²) in [6.45, 7) is 12.7. The molecule has 1 heterocycles. The molecule has 1 aliphatic heterocycles. The maximum Gasteiger partial charge on any atom is 0.0324 e. The number of hydrogen-bond acceptors (Lipinski definition) is 3. The molecule has 0 aromatic carbocycles. The summed E-state index contributed by atoms with van der Waals surface area (Å²) in [5.41, 5.74) is 0.288. The van der Waals surface area contributed by atoms with E-state index in [1.807, 2.05) is 0 Å². The Balaban J connectivity index is 2.63. The van der Waals surface area contributed by atoms with Crippen molar-refractivity contribution in [3.63, 3.8) is 0 Å². The van der Waals surface area contributed by atoms with Crippen LogP contribution in [0.3, 0.4) is 0 Å². The van der Waals surface area contributed by atoms with Crippen LogP contribution in [-0.2, 0) is 0 Å². The maximum absolute atomic E-state index is 3.73. The number of nitrogens with one attached hydrogen (secondary N) is 1. The monoisotopic (exact) mass is 227 g/mol. The lowest BCUT2D eigenvalue weighted by atomic mass is 10.0. The van der Waals surface area contributed by atoms with Gasteiger partial charge >= 0.3 is 0 Å². The standard InChI is InChI=1S/C13H29N3/c1-11-7-8-16(13(2,3)4)10-12(14-11)9-15(5)6/h11-12,14H,7-10H2,1-6H3. The molecular formula is C13H29N3. The highest BCUT2D eigenvalue weighted by Gasteiger charge is 2.28. The summed E-state index contributed by atoms with van der Waals surface area (Å²) < 4.78 is 0. The molecule has 1 N–H and O–H groups in total. The fourth-order valence-corrected chi connectivity index (χ4v) is 2.41. The molecule has 0 spiro atoms. The van der Waals surface area contributed by atoms with E-state index in [2.05, 4.69) is 56.9 Å². The van der Waals surface area contributed by atoms with Crippen molar-refractivity contribution in [2.24, 2.45) is 0 Å². The summed E-state index contributed by atoms with van der Waals surface area (Å²) >= 11 is 0. The van der Waals surface area contributed by atoms with Gasteiger partial charge in [0, 0.05) is 37.3 Å². The predicted molar refractivity (Wildman–Crippen MR) is 70.9 cm³/mol. The van der Waals surface area contributed by atoms with E-state index in [1.165, 1.54) is 13.0 Å². The maximum atomic E-state index is 3.73. The minimum absolute atomic E-state index is 0.288. The Hall–Kier alpha value is -0.120. The van der Waals surface area contributed by atoms with E-state index in [9.17, 15) is 0 Å². The summed E-state index contributed by atoms with van der Waals surface area (Å²) in [4.78, 5) is 4.88. The van der Waals surface area contributed by atoms with Crippen molar-refractivity contribution in [1.82, 2.24) is 15.1 Å². The normalized spacial score (nSPS) is 29.4. The first-order valence-electron chi connectivity index (χ1n) is 6.45. The van der Waals surface area contributed by atoms with Crippen LogP contribution in [0.5, 0.6) is 0 Å². The average molecular weight is 227 g/mol. The minimum Gasteiger partial charge on any atom is -0.309 e. The Kier molecular flexibility index (Phi) is 4.77. The molecule has 3 heteroatoms. The lowest BCUT2D eigenvalue weighted by Gasteiger charge is -2.36. The van der Waals surface area contributed by atoms with Crippen LogP contribution in [0.1, 0.15) is 34.1 Å². The largest absolute Gasteiger partial charge is 0.309 e. The third kappa shape index (κ3) is 4.40. The van der Waals surface area contributed by atoms with Gasteiger partial charge in [0.25, 0.3) is 0 Å². The van der Waals surface area contributed by atoms with E-state index in [0.29, 0.717) is 12.1 Å². The van der Waals surface area contributed by atoms with Crippen LogP contribution < -0.4 is 5.32 Å².